The van der Waals surface area contributed by atoms with Crippen LogP contribution < -0.4 is 5.32 Å². The number of rotatable bonds is 5. The first kappa shape index (κ1) is 14.7. The zero-order chi connectivity index (χ0) is 14.0. The largest absolute Gasteiger partial charge is 0.464 e. The van der Waals surface area contributed by atoms with Crippen molar-refractivity contribution in [3.63, 3.8) is 0 Å². The molecule has 0 amide bonds. The van der Waals surface area contributed by atoms with Gasteiger partial charge in [0.2, 0.25) is 0 Å². The molecule has 0 radical (unpaired) electrons. The molecule has 0 aliphatic heterocycles. The molecule has 0 saturated carbocycles. The number of hydrogen-bond donors (Lipinski definition) is 3. The highest BCUT2D eigenvalue weighted by Crippen LogP contribution is 2.21. The molecule has 1 rings (SSSR count). The van der Waals surface area contributed by atoms with Crippen molar-refractivity contribution in [1.29, 1.82) is 0 Å². The van der Waals surface area contributed by atoms with E-state index < -0.39 is 11.1 Å². The fraction of sp³-hybridized carbons (Fsp3) is 0.615. The van der Waals surface area contributed by atoms with Gasteiger partial charge in [0, 0.05) is 17.8 Å². The van der Waals surface area contributed by atoms with Crippen molar-refractivity contribution in [3.8, 4) is 0 Å². The average Bonchev–Trinajstić information content (AvgIpc) is 2.72. The Kier molecular flexibility index (Phi) is 4.19. The molecule has 18 heavy (non-hydrogen) atoms. The quantitative estimate of drug-likeness (QED) is 0.695. The molecule has 5 nitrogen and oxygen atoms in total. The first-order valence-electron chi connectivity index (χ1n) is 5.91. The maximum atomic E-state index is 11.3. The molecular formula is C13H22N2O3. The number of H-pyrrole nitrogens is 1. The van der Waals surface area contributed by atoms with Crippen LogP contribution in [0.15, 0.2) is 12.1 Å². The average molecular weight is 254 g/mol. The lowest BCUT2D eigenvalue weighted by Crippen LogP contribution is -2.55. The second-order valence-corrected chi connectivity index (χ2v) is 5.43. The third kappa shape index (κ3) is 3.34. The van der Waals surface area contributed by atoms with Crippen LogP contribution in [0.3, 0.4) is 0 Å². The third-order valence-corrected chi connectivity index (χ3v) is 3.40. The van der Waals surface area contributed by atoms with Gasteiger partial charge in [-0.05, 0) is 39.8 Å². The van der Waals surface area contributed by atoms with Gasteiger partial charge in [0.15, 0.2) is 0 Å². The molecule has 0 aliphatic carbocycles. The number of nitrogens with one attached hydrogen (secondary N) is 2. The van der Waals surface area contributed by atoms with Gasteiger partial charge in [0.1, 0.15) is 5.69 Å². The molecule has 0 aliphatic rings. The molecule has 0 fully saturated rings. The van der Waals surface area contributed by atoms with E-state index in [0.717, 1.165) is 5.69 Å². The van der Waals surface area contributed by atoms with E-state index >= 15 is 0 Å². The predicted molar refractivity (Wildman–Crippen MR) is 69.3 cm³/mol. The molecule has 0 aromatic carbocycles. The number of hydrogen-bond acceptors (Lipinski definition) is 4. The molecule has 1 aromatic heterocycles. The van der Waals surface area contributed by atoms with Crippen LogP contribution in [-0.4, -0.2) is 34.3 Å². The summed E-state index contributed by atoms with van der Waals surface area (Å²) in [6.07, 6.45) is 0. The minimum Gasteiger partial charge on any atom is -0.464 e. The first-order valence-corrected chi connectivity index (χ1v) is 5.91. The Labute approximate surface area is 108 Å². The van der Waals surface area contributed by atoms with Crippen LogP contribution in [0, 0.1) is 0 Å². The number of aliphatic hydroxyl groups is 1. The van der Waals surface area contributed by atoms with Crippen LogP contribution in [-0.2, 0) is 11.3 Å². The Morgan fingerprint density at radius 1 is 1.39 bits per heavy atom. The Morgan fingerprint density at radius 2 is 2.00 bits per heavy atom. The highest BCUT2D eigenvalue weighted by Gasteiger charge is 2.34. The topological polar surface area (TPSA) is 74.3 Å². The van der Waals surface area contributed by atoms with Crippen LogP contribution in [0.2, 0.25) is 0 Å². The van der Waals surface area contributed by atoms with Crippen LogP contribution in [0.25, 0.3) is 0 Å². The van der Waals surface area contributed by atoms with Gasteiger partial charge < -0.3 is 20.1 Å². The van der Waals surface area contributed by atoms with Gasteiger partial charge in [-0.1, -0.05) is 0 Å². The molecule has 1 aromatic rings. The minimum atomic E-state index is -0.842. The third-order valence-electron chi connectivity index (χ3n) is 3.40. The Morgan fingerprint density at radius 3 is 2.50 bits per heavy atom. The summed E-state index contributed by atoms with van der Waals surface area (Å²) in [5.74, 6) is -0.386. The number of aromatic amines is 1. The van der Waals surface area contributed by atoms with Crippen LogP contribution in [0.5, 0.6) is 0 Å². The lowest BCUT2D eigenvalue weighted by molar-refractivity contribution is -0.00545. The summed E-state index contributed by atoms with van der Waals surface area (Å²) < 4.78 is 4.62. The summed E-state index contributed by atoms with van der Waals surface area (Å²) >= 11 is 0. The molecule has 0 spiro atoms. The van der Waals surface area contributed by atoms with Crippen LogP contribution >= 0.6 is 0 Å². The van der Waals surface area contributed by atoms with Gasteiger partial charge in [-0.25, -0.2) is 4.79 Å². The number of carbonyl (C=O) groups excluding carboxylic acids is 1. The van der Waals surface area contributed by atoms with E-state index in [9.17, 15) is 9.90 Å². The Hall–Kier alpha value is -1.33. The van der Waals surface area contributed by atoms with E-state index in [2.05, 4.69) is 15.0 Å². The molecular weight excluding hydrogens is 232 g/mol. The predicted octanol–water partition coefficient (Wildman–Crippen LogP) is 1.44. The van der Waals surface area contributed by atoms with Gasteiger partial charge in [-0.15, -0.1) is 0 Å². The van der Waals surface area contributed by atoms with Crippen molar-refractivity contribution in [2.45, 2.75) is 45.4 Å². The van der Waals surface area contributed by atoms with Gasteiger partial charge in [-0.3, -0.25) is 0 Å². The second-order valence-electron chi connectivity index (χ2n) is 5.43. The molecule has 3 N–H and O–H groups in total. The number of aromatic nitrogens is 1. The maximum Gasteiger partial charge on any atom is 0.354 e. The fourth-order valence-corrected chi connectivity index (χ4v) is 1.30. The van der Waals surface area contributed by atoms with Gasteiger partial charge in [0.05, 0.1) is 12.7 Å². The minimum absolute atomic E-state index is 0.386. The van der Waals surface area contributed by atoms with Gasteiger partial charge in [-0.2, -0.15) is 0 Å². The maximum absolute atomic E-state index is 11.3. The van der Waals surface area contributed by atoms with E-state index in [1.54, 1.807) is 19.9 Å². The highest BCUT2D eigenvalue weighted by molar-refractivity contribution is 5.87. The first-order chi connectivity index (χ1) is 8.17. The summed E-state index contributed by atoms with van der Waals surface area (Å²) in [6, 6.07) is 3.50. The molecule has 1 heterocycles. The molecule has 0 bridgehead atoms. The summed E-state index contributed by atoms with van der Waals surface area (Å²) in [7, 11) is 1.35. The number of carbonyl (C=O) groups is 1. The normalized spacial score (nSPS) is 12.6. The molecule has 0 unspecified atom stereocenters. The monoisotopic (exact) mass is 254 g/mol. The van der Waals surface area contributed by atoms with Crippen molar-refractivity contribution in [1.82, 2.24) is 10.3 Å². The zero-order valence-electron chi connectivity index (χ0n) is 11.6. The second kappa shape index (κ2) is 5.12. The standard InChI is InChI=1S/C13H22N2O3/c1-12(2,13(3,4)17)14-8-9-6-7-10(15-9)11(16)18-5/h6-7,14-15,17H,8H2,1-5H3. The lowest BCUT2D eigenvalue weighted by atomic mass is 9.86. The van der Waals surface area contributed by atoms with Crippen molar-refractivity contribution in [2.75, 3.05) is 7.11 Å². The summed E-state index contributed by atoms with van der Waals surface area (Å²) in [6.45, 7) is 7.91. The summed E-state index contributed by atoms with van der Waals surface area (Å²) in [4.78, 5) is 14.2. The molecule has 5 heteroatoms. The molecule has 0 saturated heterocycles. The van der Waals surface area contributed by atoms with E-state index in [1.165, 1.54) is 7.11 Å². The Bertz CT molecular complexity index is 416. The highest BCUT2D eigenvalue weighted by atomic mass is 16.5. The summed E-state index contributed by atoms with van der Waals surface area (Å²) in [5.41, 5.74) is 0.0111. The molecule has 0 atom stereocenters. The van der Waals surface area contributed by atoms with E-state index in [-0.39, 0.29) is 5.97 Å². The number of ether oxygens (including phenoxy) is 1. The Balaban J connectivity index is 2.65. The van der Waals surface area contributed by atoms with Crippen molar-refractivity contribution >= 4 is 5.97 Å². The van der Waals surface area contributed by atoms with Crippen LogP contribution in [0.4, 0.5) is 0 Å². The van der Waals surface area contributed by atoms with Gasteiger partial charge >= 0.3 is 5.97 Å². The molecule has 102 valence electrons. The fourth-order valence-electron chi connectivity index (χ4n) is 1.30. The van der Waals surface area contributed by atoms with E-state index in [1.807, 2.05) is 19.9 Å². The zero-order valence-corrected chi connectivity index (χ0v) is 11.6. The number of esters is 1. The van der Waals surface area contributed by atoms with Crippen molar-refractivity contribution in [3.05, 3.63) is 23.5 Å². The van der Waals surface area contributed by atoms with Gasteiger partial charge in [0.25, 0.3) is 0 Å². The smallest absolute Gasteiger partial charge is 0.354 e. The van der Waals surface area contributed by atoms with Crippen molar-refractivity contribution < 1.29 is 14.6 Å². The van der Waals surface area contributed by atoms with E-state index in [4.69, 9.17) is 0 Å². The lowest BCUT2D eigenvalue weighted by Gasteiger charge is -2.38. The van der Waals surface area contributed by atoms with E-state index in [0.29, 0.717) is 12.2 Å². The number of methoxy groups -OCH3 is 1. The summed E-state index contributed by atoms with van der Waals surface area (Å²) in [5, 5.41) is 13.3. The van der Waals surface area contributed by atoms with Crippen molar-refractivity contribution in [2.24, 2.45) is 0 Å². The van der Waals surface area contributed by atoms with Crippen LogP contribution in [0.1, 0.15) is 43.9 Å². The SMILES string of the molecule is COC(=O)c1ccc(CNC(C)(C)C(C)(C)O)[nH]1.